The molecule has 1 aliphatic rings. The third kappa shape index (κ3) is 6.01. The van der Waals surface area contributed by atoms with E-state index in [1.807, 2.05) is 0 Å². The van der Waals surface area contributed by atoms with Crippen LogP contribution in [0.25, 0.3) is 0 Å². The number of nitrogens with one attached hydrogen (secondary N) is 1. The topological polar surface area (TPSA) is 15.3 Å². The van der Waals surface area contributed by atoms with E-state index in [1.165, 1.54) is 44.3 Å². The Balaban J connectivity index is 0.00000180. The molecule has 0 aliphatic carbocycles. The zero-order valence-electron chi connectivity index (χ0n) is 12.4. The van der Waals surface area contributed by atoms with E-state index >= 15 is 0 Å². The van der Waals surface area contributed by atoms with E-state index in [-0.39, 0.29) is 24.8 Å². The molecule has 1 aliphatic heterocycles. The van der Waals surface area contributed by atoms with E-state index in [0.29, 0.717) is 6.04 Å². The van der Waals surface area contributed by atoms with Gasteiger partial charge in [-0.3, -0.25) is 4.90 Å². The van der Waals surface area contributed by atoms with Crippen molar-refractivity contribution in [1.29, 1.82) is 0 Å². The van der Waals surface area contributed by atoms with Gasteiger partial charge in [0.2, 0.25) is 0 Å². The van der Waals surface area contributed by atoms with Gasteiger partial charge in [0.25, 0.3) is 0 Å². The Kier molecular flexibility index (Phi) is 11.2. The van der Waals surface area contributed by atoms with Crippen LogP contribution in [0.2, 0.25) is 0 Å². The van der Waals surface area contributed by atoms with Gasteiger partial charge in [0.1, 0.15) is 0 Å². The number of halogens is 2. The highest BCUT2D eigenvalue weighted by molar-refractivity contribution is 5.85. The van der Waals surface area contributed by atoms with Gasteiger partial charge in [0.15, 0.2) is 0 Å². The summed E-state index contributed by atoms with van der Waals surface area (Å²) in [7, 11) is 0. The van der Waals surface area contributed by atoms with Gasteiger partial charge >= 0.3 is 0 Å². The van der Waals surface area contributed by atoms with E-state index < -0.39 is 0 Å². The molecule has 0 spiro atoms. The van der Waals surface area contributed by atoms with Gasteiger partial charge < -0.3 is 5.32 Å². The fourth-order valence-corrected chi connectivity index (χ4v) is 2.82. The number of hydrogen-bond acceptors (Lipinski definition) is 2. The summed E-state index contributed by atoms with van der Waals surface area (Å²) in [4.78, 5) is 2.65. The number of unbranched alkanes of at least 4 members (excludes halogenated alkanes) is 2. The van der Waals surface area contributed by atoms with E-state index in [4.69, 9.17) is 0 Å². The molecule has 0 bridgehead atoms. The maximum absolute atomic E-state index is 3.45. The number of benzene rings is 1. The first-order valence-corrected chi connectivity index (χ1v) is 7.41. The number of nitrogens with zero attached hydrogens (tertiary/aromatic N) is 1. The summed E-state index contributed by atoms with van der Waals surface area (Å²) in [6, 6.07) is 11.7. The fraction of sp³-hybridized carbons (Fsp3) is 0.625. The minimum Gasteiger partial charge on any atom is -0.314 e. The first-order valence-electron chi connectivity index (χ1n) is 7.41. The Labute approximate surface area is 136 Å². The number of rotatable bonds is 6. The summed E-state index contributed by atoms with van der Waals surface area (Å²) in [6.07, 6.45) is 5.32. The van der Waals surface area contributed by atoms with Crippen LogP contribution in [0.15, 0.2) is 30.3 Å². The maximum Gasteiger partial charge on any atom is 0.0349 e. The summed E-state index contributed by atoms with van der Waals surface area (Å²) in [5.74, 6) is 0. The Morgan fingerprint density at radius 1 is 1.05 bits per heavy atom. The Morgan fingerprint density at radius 2 is 1.70 bits per heavy atom. The third-order valence-electron chi connectivity index (χ3n) is 3.86. The molecule has 2 nitrogen and oxygen atoms in total. The van der Waals surface area contributed by atoms with Crippen molar-refractivity contribution in [2.24, 2.45) is 0 Å². The van der Waals surface area contributed by atoms with E-state index in [2.05, 4.69) is 47.5 Å². The van der Waals surface area contributed by atoms with Gasteiger partial charge in [-0.15, -0.1) is 24.8 Å². The predicted molar refractivity (Wildman–Crippen MR) is 92.3 cm³/mol. The van der Waals surface area contributed by atoms with E-state index in [0.717, 1.165) is 13.1 Å². The Bertz CT molecular complexity index is 327. The lowest BCUT2D eigenvalue weighted by Crippen LogP contribution is -2.45. The summed E-state index contributed by atoms with van der Waals surface area (Å²) in [5, 5.41) is 3.45. The summed E-state index contributed by atoms with van der Waals surface area (Å²) >= 11 is 0. The quantitative estimate of drug-likeness (QED) is 0.796. The summed E-state index contributed by atoms with van der Waals surface area (Å²) < 4.78 is 0. The molecule has 2 rings (SSSR count). The van der Waals surface area contributed by atoms with Crippen molar-refractivity contribution in [2.75, 3.05) is 26.2 Å². The third-order valence-corrected chi connectivity index (χ3v) is 3.86. The molecule has 0 aromatic heterocycles. The van der Waals surface area contributed by atoms with Crippen LogP contribution in [0.3, 0.4) is 0 Å². The smallest absolute Gasteiger partial charge is 0.0349 e. The zero-order chi connectivity index (χ0) is 12.6. The first kappa shape index (κ1) is 19.7. The predicted octanol–water partition coefficient (Wildman–Crippen LogP) is 4.06. The van der Waals surface area contributed by atoms with Crippen LogP contribution in [0.4, 0.5) is 0 Å². The van der Waals surface area contributed by atoms with Crippen LogP contribution in [-0.4, -0.2) is 31.1 Å². The maximum atomic E-state index is 3.45. The largest absolute Gasteiger partial charge is 0.314 e. The molecule has 4 heteroatoms. The lowest BCUT2D eigenvalue weighted by Gasteiger charge is -2.35. The van der Waals surface area contributed by atoms with Crippen LogP contribution in [-0.2, 0) is 0 Å². The van der Waals surface area contributed by atoms with Crippen molar-refractivity contribution < 1.29 is 0 Å². The molecule has 0 unspecified atom stereocenters. The van der Waals surface area contributed by atoms with Crippen LogP contribution < -0.4 is 5.32 Å². The average molecular weight is 319 g/mol. The highest BCUT2D eigenvalue weighted by atomic mass is 35.5. The molecule has 1 aromatic carbocycles. The summed E-state index contributed by atoms with van der Waals surface area (Å²) in [5.41, 5.74) is 1.50. The monoisotopic (exact) mass is 318 g/mol. The summed E-state index contributed by atoms with van der Waals surface area (Å²) in [6.45, 7) is 6.92. The lowest BCUT2D eigenvalue weighted by molar-refractivity contribution is 0.163. The molecule has 1 fully saturated rings. The second-order valence-electron chi connectivity index (χ2n) is 5.21. The molecule has 1 heterocycles. The van der Waals surface area contributed by atoms with Gasteiger partial charge in [0, 0.05) is 32.2 Å². The van der Waals surface area contributed by atoms with Crippen LogP contribution in [0.1, 0.15) is 44.2 Å². The Morgan fingerprint density at radius 3 is 2.30 bits per heavy atom. The number of piperazine rings is 1. The van der Waals surface area contributed by atoms with Gasteiger partial charge in [-0.1, -0.05) is 56.5 Å². The molecule has 0 radical (unpaired) electrons. The molecule has 0 amide bonds. The molecule has 1 N–H and O–H groups in total. The van der Waals surface area contributed by atoms with Crippen molar-refractivity contribution in [2.45, 2.75) is 38.6 Å². The average Bonchev–Trinajstić information content (AvgIpc) is 2.46. The van der Waals surface area contributed by atoms with Crippen molar-refractivity contribution in [1.82, 2.24) is 10.2 Å². The molecular weight excluding hydrogens is 291 g/mol. The van der Waals surface area contributed by atoms with Gasteiger partial charge in [-0.25, -0.2) is 0 Å². The fourth-order valence-electron chi connectivity index (χ4n) is 2.82. The first-order chi connectivity index (χ1) is 8.92. The van der Waals surface area contributed by atoms with Gasteiger partial charge in [-0.2, -0.15) is 0 Å². The van der Waals surface area contributed by atoms with Crippen molar-refractivity contribution >= 4 is 24.8 Å². The molecular formula is C16H28Cl2N2. The second kappa shape index (κ2) is 11.4. The lowest BCUT2D eigenvalue weighted by atomic mass is 9.98. The van der Waals surface area contributed by atoms with Gasteiger partial charge in [-0.05, 0) is 12.0 Å². The van der Waals surface area contributed by atoms with Gasteiger partial charge in [0.05, 0.1) is 0 Å². The normalized spacial score (nSPS) is 16.9. The minimum atomic E-state index is 0. The Hall–Kier alpha value is -0.280. The van der Waals surface area contributed by atoms with Crippen LogP contribution in [0.5, 0.6) is 0 Å². The molecule has 1 aromatic rings. The van der Waals surface area contributed by atoms with Crippen LogP contribution >= 0.6 is 24.8 Å². The van der Waals surface area contributed by atoms with Crippen molar-refractivity contribution in [3.63, 3.8) is 0 Å². The van der Waals surface area contributed by atoms with Crippen LogP contribution in [0, 0.1) is 0 Å². The zero-order valence-corrected chi connectivity index (χ0v) is 14.0. The van der Waals surface area contributed by atoms with Crippen molar-refractivity contribution in [3.8, 4) is 0 Å². The molecule has 0 saturated carbocycles. The highest BCUT2D eigenvalue weighted by Gasteiger charge is 2.21. The van der Waals surface area contributed by atoms with E-state index in [1.54, 1.807) is 0 Å². The standard InChI is InChI=1S/C16H26N2.2ClH/c1-2-3-5-10-16(15-8-6-4-7-9-15)18-13-11-17-12-14-18;;/h4,6-9,16-17H,2-3,5,10-14H2,1H3;2*1H/t16-;;/m0../s1. The van der Waals surface area contributed by atoms with E-state index in [9.17, 15) is 0 Å². The molecule has 20 heavy (non-hydrogen) atoms. The minimum absolute atomic E-state index is 0. The molecule has 1 atom stereocenters. The van der Waals surface area contributed by atoms with Crippen molar-refractivity contribution in [3.05, 3.63) is 35.9 Å². The molecule has 1 saturated heterocycles. The highest BCUT2D eigenvalue weighted by Crippen LogP contribution is 2.26. The molecule has 116 valence electrons. The number of hydrogen-bond donors (Lipinski definition) is 1. The second-order valence-corrected chi connectivity index (χ2v) is 5.21. The SMILES string of the molecule is CCCCC[C@@H](c1ccccc1)N1CCNCC1.Cl.Cl.